The molecule has 0 N–H and O–H groups in total. The predicted molar refractivity (Wildman–Crippen MR) is 100 cm³/mol. The van der Waals surface area contributed by atoms with Gasteiger partial charge in [-0.1, -0.05) is 42.5 Å². The summed E-state index contributed by atoms with van der Waals surface area (Å²) in [5.41, 5.74) is 4.14. The molecule has 2 aromatic rings. The van der Waals surface area contributed by atoms with Crippen molar-refractivity contribution in [2.45, 2.75) is 38.3 Å². The average molecular weight is 337 g/mol. The zero-order valence-electron chi connectivity index (χ0n) is 14.8. The van der Waals surface area contributed by atoms with Crippen LogP contribution in [0.25, 0.3) is 0 Å². The van der Waals surface area contributed by atoms with Gasteiger partial charge in [0.1, 0.15) is 5.75 Å². The lowest BCUT2D eigenvalue weighted by Gasteiger charge is -2.32. The number of piperidine rings is 1. The fraction of sp³-hybridized carbons (Fsp3) is 0.455. The van der Waals surface area contributed by atoms with Crippen molar-refractivity contribution in [2.75, 3.05) is 26.3 Å². The molecule has 0 amide bonds. The van der Waals surface area contributed by atoms with Crippen molar-refractivity contribution in [3.05, 3.63) is 65.2 Å². The summed E-state index contributed by atoms with van der Waals surface area (Å²) in [5, 5.41) is 0. The van der Waals surface area contributed by atoms with Crippen LogP contribution in [0.15, 0.2) is 48.5 Å². The highest BCUT2D eigenvalue weighted by molar-refractivity contribution is 5.39. The van der Waals surface area contributed by atoms with Crippen LogP contribution in [0, 0.1) is 0 Å². The summed E-state index contributed by atoms with van der Waals surface area (Å²) >= 11 is 0. The summed E-state index contributed by atoms with van der Waals surface area (Å²) in [7, 11) is 0. The van der Waals surface area contributed by atoms with Crippen LogP contribution in [0.5, 0.6) is 5.75 Å². The molecule has 0 spiro atoms. The molecule has 3 nitrogen and oxygen atoms in total. The Morgan fingerprint density at radius 3 is 2.68 bits per heavy atom. The molecule has 2 aromatic carbocycles. The summed E-state index contributed by atoms with van der Waals surface area (Å²) in [6, 6.07) is 17.3. The number of nitrogens with zero attached hydrogens (tertiary/aromatic N) is 1. The Balaban J connectivity index is 1.19. The van der Waals surface area contributed by atoms with Crippen LogP contribution < -0.4 is 4.74 Å². The molecule has 0 aliphatic carbocycles. The fourth-order valence-electron chi connectivity index (χ4n) is 3.82. The molecule has 1 fully saturated rings. The van der Waals surface area contributed by atoms with E-state index in [-0.39, 0.29) is 0 Å². The van der Waals surface area contributed by atoms with Gasteiger partial charge in [-0.25, -0.2) is 0 Å². The molecule has 0 unspecified atom stereocenters. The molecule has 25 heavy (non-hydrogen) atoms. The first-order valence-corrected chi connectivity index (χ1v) is 9.49. The van der Waals surface area contributed by atoms with Crippen LogP contribution in [-0.4, -0.2) is 37.3 Å². The molecular weight excluding hydrogens is 310 g/mol. The lowest BCUT2D eigenvalue weighted by Crippen LogP contribution is -2.36. The molecule has 2 aliphatic heterocycles. The number of hydrogen-bond donors (Lipinski definition) is 0. The minimum absolute atomic E-state index is 0.424. The second kappa shape index (κ2) is 8.03. The normalized spacial score (nSPS) is 18.1. The predicted octanol–water partition coefficient (Wildman–Crippen LogP) is 3.85. The van der Waals surface area contributed by atoms with Crippen molar-refractivity contribution < 1.29 is 9.47 Å². The van der Waals surface area contributed by atoms with Gasteiger partial charge in [0.15, 0.2) is 0 Å². The fourth-order valence-corrected chi connectivity index (χ4v) is 3.82. The van der Waals surface area contributed by atoms with Crippen molar-refractivity contribution in [2.24, 2.45) is 0 Å². The summed E-state index contributed by atoms with van der Waals surface area (Å²) in [5.74, 6) is 1.08. The van der Waals surface area contributed by atoms with E-state index < -0.39 is 0 Å². The van der Waals surface area contributed by atoms with E-state index in [1.165, 1.54) is 16.7 Å². The van der Waals surface area contributed by atoms with Gasteiger partial charge in [-0.05, 0) is 42.0 Å². The Labute approximate surface area is 150 Å². The quantitative estimate of drug-likeness (QED) is 0.799. The van der Waals surface area contributed by atoms with Crippen LogP contribution in [0.2, 0.25) is 0 Å². The van der Waals surface area contributed by atoms with E-state index in [0.717, 1.165) is 64.3 Å². The van der Waals surface area contributed by atoms with Crippen molar-refractivity contribution in [3.63, 3.8) is 0 Å². The van der Waals surface area contributed by atoms with Crippen molar-refractivity contribution in [3.8, 4) is 5.75 Å². The second-order valence-corrected chi connectivity index (χ2v) is 7.12. The van der Waals surface area contributed by atoms with E-state index in [9.17, 15) is 0 Å². The molecule has 3 heteroatoms. The summed E-state index contributed by atoms with van der Waals surface area (Å²) < 4.78 is 11.7. The molecule has 4 rings (SSSR count). The molecule has 0 bridgehead atoms. The zero-order chi connectivity index (χ0) is 16.9. The highest BCUT2D eigenvalue weighted by Crippen LogP contribution is 2.27. The molecule has 0 radical (unpaired) electrons. The lowest BCUT2D eigenvalue weighted by atomic mass is 10.0. The summed E-state index contributed by atoms with van der Waals surface area (Å²) in [6.45, 7) is 4.97. The Bertz CT molecular complexity index is 678. The maximum atomic E-state index is 6.10. The smallest absolute Gasteiger partial charge is 0.122 e. The van der Waals surface area contributed by atoms with Gasteiger partial charge in [-0.2, -0.15) is 0 Å². The molecule has 2 aliphatic rings. The SMILES string of the molecule is c1ccc(CCOC2CCN(Cc3ccc4c(c3)CCO4)CC2)cc1. The number of rotatable bonds is 6. The Morgan fingerprint density at radius 1 is 1.00 bits per heavy atom. The largest absolute Gasteiger partial charge is 0.493 e. The highest BCUT2D eigenvalue weighted by atomic mass is 16.5. The van der Waals surface area contributed by atoms with Gasteiger partial charge >= 0.3 is 0 Å². The Morgan fingerprint density at radius 2 is 1.84 bits per heavy atom. The number of fused-ring (bicyclic) bond motifs is 1. The molecule has 132 valence electrons. The van der Waals surface area contributed by atoms with Gasteiger partial charge in [0, 0.05) is 26.1 Å². The maximum Gasteiger partial charge on any atom is 0.122 e. The number of benzene rings is 2. The van der Waals surface area contributed by atoms with Gasteiger partial charge in [-0.15, -0.1) is 0 Å². The third-order valence-electron chi connectivity index (χ3n) is 5.28. The van der Waals surface area contributed by atoms with E-state index in [2.05, 4.69) is 53.4 Å². The van der Waals surface area contributed by atoms with E-state index >= 15 is 0 Å². The zero-order valence-corrected chi connectivity index (χ0v) is 14.8. The third kappa shape index (κ3) is 4.42. The van der Waals surface area contributed by atoms with Crippen LogP contribution in [0.1, 0.15) is 29.5 Å². The number of hydrogen-bond acceptors (Lipinski definition) is 3. The standard InChI is InChI=1S/C22H27NO2/c1-2-4-18(5-3-1)10-14-24-21-8-12-23(13-9-21)17-19-6-7-22-20(16-19)11-15-25-22/h1-7,16,21H,8-15,17H2. The molecule has 0 aromatic heterocycles. The van der Waals surface area contributed by atoms with E-state index in [1.54, 1.807) is 0 Å². The molecule has 2 heterocycles. The van der Waals surface area contributed by atoms with Gasteiger partial charge < -0.3 is 9.47 Å². The van der Waals surface area contributed by atoms with Crippen LogP contribution in [0.3, 0.4) is 0 Å². The number of likely N-dealkylation sites (tertiary alicyclic amines) is 1. The van der Waals surface area contributed by atoms with E-state index in [1.807, 2.05) is 0 Å². The Kier molecular flexibility index (Phi) is 5.34. The van der Waals surface area contributed by atoms with Gasteiger partial charge in [0.05, 0.1) is 19.3 Å². The molecule has 0 saturated carbocycles. The Hall–Kier alpha value is -1.84. The van der Waals surface area contributed by atoms with Crippen molar-refractivity contribution in [1.82, 2.24) is 4.90 Å². The van der Waals surface area contributed by atoms with Gasteiger partial charge in [0.25, 0.3) is 0 Å². The van der Waals surface area contributed by atoms with Crippen molar-refractivity contribution >= 4 is 0 Å². The summed E-state index contributed by atoms with van der Waals surface area (Å²) in [6.07, 6.45) is 4.78. The van der Waals surface area contributed by atoms with Gasteiger partial charge in [-0.3, -0.25) is 4.90 Å². The lowest BCUT2D eigenvalue weighted by molar-refractivity contribution is 0.00739. The first-order valence-electron chi connectivity index (χ1n) is 9.49. The number of ether oxygens (including phenoxy) is 2. The minimum Gasteiger partial charge on any atom is -0.493 e. The molecular formula is C22H27NO2. The van der Waals surface area contributed by atoms with Crippen LogP contribution in [0.4, 0.5) is 0 Å². The highest BCUT2D eigenvalue weighted by Gasteiger charge is 2.20. The monoisotopic (exact) mass is 337 g/mol. The maximum absolute atomic E-state index is 6.10. The van der Waals surface area contributed by atoms with Crippen LogP contribution in [-0.2, 0) is 24.1 Å². The van der Waals surface area contributed by atoms with E-state index in [0.29, 0.717) is 6.10 Å². The molecule has 1 saturated heterocycles. The topological polar surface area (TPSA) is 21.7 Å². The average Bonchev–Trinajstić information content (AvgIpc) is 3.12. The van der Waals surface area contributed by atoms with E-state index in [4.69, 9.17) is 9.47 Å². The minimum atomic E-state index is 0.424. The molecule has 0 atom stereocenters. The first kappa shape index (κ1) is 16.6. The second-order valence-electron chi connectivity index (χ2n) is 7.12. The third-order valence-corrected chi connectivity index (χ3v) is 5.28. The summed E-state index contributed by atoms with van der Waals surface area (Å²) in [4.78, 5) is 2.55. The van der Waals surface area contributed by atoms with Crippen LogP contribution >= 0.6 is 0 Å². The van der Waals surface area contributed by atoms with Crippen molar-refractivity contribution in [1.29, 1.82) is 0 Å². The first-order chi connectivity index (χ1) is 12.4. The van der Waals surface area contributed by atoms with Gasteiger partial charge in [0.2, 0.25) is 0 Å².